The first-order valence-electron chi connectivity index (χ1n) is 26.1. The van der Waals surface area contributed by atoms with Crippen LogP contribution in [0.2, 0.25) is 0 Å². The van der Waals surface area contributed by atoms with E-state index in [4.69, 9.17) is 26.3 Å². The zero-order valence-electron chi connectivity index (χ0n) is 47.0. The van der Waals surface area contributed by atoms with Gasteiger partial charge >= 0.3 is 0 Å². The van der Waals surface area contributed by atoms with Gasteiger partial charge in [0.1, 0.15) is 11.2 Å². The molecule has 0 spiro atoms. The van der Waals surface area contributed by atoms with E-state index in [1.165, 1.54) is 0 Å². The van der Waals surface area contributed by atoms with Crippen LogP contribution in [0.1, 0.15) is 30.2 Å². The van der Waals surface area contributed by atoms with Crippen LogP contribution in [0.4, 0.5) is 0 Å². The van der Waals surface area contributed by atoms with Crippen molar-refractivity contribution in [3.8, 4) is 44.5 Å². The van der Waals surface area contributed by atoms with E-state index in [0.717, 1.165) is 0 Å². The van der Waals surface area contributed by atoms with Crippen molar-refractivity contribution in [1.82, 2.24) is 0 Å². The molecule has 10 aromatic rings. The fourth-order valence-corrected chi connectivity index (χ4v) is 6.48. The van der Waals surface area contributed by atoms with Crippen LogP contribution in [0.3, 0.4) is 0 Å². The van der Waals surface area contributed by atoms with Crippen LogP contribution >= 0.6 is 0 Å². The van der Waals surface area contributed by atoms with Gasteiger partial charge in [-0.1, -0.05) is 151 Å². The molecule has 1 heteroatoms. The minimum Gasteiger partial charge on any atom is -0.455 e. The number of furan rings is 1. The molecule has 0 amide bonds. The summed E-state index contributed by atoms with van der Waals surface area (Å²) >= 11 is 0. The number of fused-ring (bicyclic) bond motifs is 7. The number of hydrogen-bond acceptors (Lipinski definition) is 1. The van der Waals surface area contributed by atoms with Crippen molar-refractivity contribution in [3.05, 3.63) is 181 Å². The van der Waals surface area contributed by atoms with E-state index in [1.807, 2.05) is 0 Å². The lowest BCUT2D eigenvalue weighted by Crippen LogP contribution is -1.91. The summed E-state index contributed by atoms with van der Waals surface area (Å²) in [6, 6.07) is -3.20. The summed E-state index contributed by atoms with van der Waals surface area (Å²) in [6.07, 6.45) is 0. The minimum atomic E-state index is -0.924. The molecule has 1 heterocycles. The van der Waals surface area contributed by atoms with Gasteiger partial charge in [-0.25, -0.2) is 0 Å². The van der Waals surface area contributed by atoms with Crippen molar-refractivity contribution in [2.45, 2.75) is 0 Å². The van der Waals surface area contributed by atoms with Gasteiger partial charge in [-0.05, 0) is 102 Å². The molecular weight excluding hydrogens is 593 g/mol. The number of hydrogen-bond donors (Lipinski definition) is 0. The van der Waals surface area contributed by atoms with E-state index < -0.39 is 166 Å². The molecule has 9 aromatic carbocycles. The Morgan fingerprint density at radius 2 is 0.980 bits per heavy atom. The predicted octanol–water partition coefficient (Wildman–Crippen LogP) is 13.7. The summed E-state index contributed by atoms with van der Waals surface area (Å²) in [5.41, 5.74) is -1.72. The topological polar surface area (TPSA) is 13.1 Å². The van der Waals surface area contributed by atoms with Crippen LogP contribution in [-0.4, -0.2) is 0 Å². The average molecular weight is 645 g/mol. The second-order valence-electron chi connectivity index (χ2n) is 11.2. The lowest BCUT2D eigenvalue weighted by molar-refractivity contribution is 0.673. The highest BCUT2D eigenvalue weighted by molar-refractivity contribution is 6.27. The molecule has 0 aliphatic heterocycles. The predicted molar refractivity (Wildman–Crippen MR) is 208 cm³/mol. The molecule has 0 bridgehead atoms. The van der Waals surface area contributed by atoms with Crippen molar-refractivity contribution in [3.63, 3.8) is 0 Å². The second kappa shape index (κ2) is 11.1. The Hall–Kier alpha value is -6.44. The smallest absolute Gasteiger partial charge is 0.143 e. The molecule has 0 aliphatic rings. The van der Waals surface area contributed by atoms with Gasteiger partial charge in [-0.2, -0.15) is 0 Å². The summed E-state index contributed by atoms with van der Waals surface area (Å²) in [5, 5.41) is 0.236. The SMILES string of the molecule is [2H]c1c([2H])c([2H])c(-c2ccc3c(ccc4c3oc3cccc(-c5c6c([2H])c([2H])c([2H])c([2H])c6c(-c6c([2H])c([2H])c([2H])c(-c7c([2H])c([2H])c([2H])c([2H])c7[2H])c6[2H])c6c([2H])c([2H])c([2H])c([2H])c56)c34)c2)c([2H])c1[2H]. The average Bonchev–Trinajstić information content (AvgIpc) is 3.75. The standard InChI is InChI=1S/C48H30O/c1-3-13-31(14-4-1)33-17-11-18-36(30-33)45-38-19-7-9-21-40(38)46(41-22-10-8-20-39(41)45)42-23-12-24-44-47(42)43-28-26-35-29-34(32-15-5-2-6-16-32)25-27-37(35)48(43)49-44/h1-30H/i1D,2D,3D,4D,5D,6D,7D,8D,9D,10D,11D,13D,14D,15D,16D,17D,18D,19D,20D,21D,22D,30D. The van der Waals surface area contributed by atoms with Crippen molar-refractivity contribution in [2.75, 3.05) is 0 Å². The first kappa shape index (κ1) is 13.6. The zero-order valence-corrected chi connectivity index (χ0v) is 25.0. The molecule has 10 rings (SSSR count). The second-order valence-corrected chi connectivity index (χ2v) is 11.2. The summed E-state index contributed by atoms with van der Waals surface area (Å²) in [4.78, 5) is 0. The zero-order chi connectivity index (χ0) is 51.5. The van der Waals surface area contributed by atoms with Crippen molar-refractivity contribution >= 4 is 54.3 Å². The molecule has 0 saturated heterocycles. The molecule has 0 fully saturated rings. The van der Waals surface area contributed by atoms with E-state index in [9.17, 15) is 8.22 Å². The summed E-state index contributed by atoms with van der Waals surface area (Å²) in [7, 11) is 0. The normalized spacial score (nSPS) is 18.0. The van der Waals surface area contributed by atoms with Crippen LogP contribution in [0.15, 0.2) is 186 Å². The third-order valence-electron chi connectivity index (χ3n) is 8.54. The Labute approximate surface area is 315 Å². The van der Waals surface area contributed by atoms with Crippen LogP contribution in [0.5, 0.6) is 0 Å². The quantitative estimate of drug-likeness (QED) is 0.174. The monoisotopic (exact) mass is 644 g/mol. The number of rotatable bonds is 4. The van der Waals surface area contributed by atoms with Crippen molar-refractivity contribution < 1.29 is 34.6 Å². The Kier molecular flexibility index (Phi) is 3.07. The highest BCUT2D eigenvalue weighted by atomic mass is 16.3. The van der Waals surface area contributed by atoms with Gasteiger partial charge in [0, 0.05) is 16.2 Å². The van der Waals surface area contributed by atoms with E-state index in [2.05, 4.69) is 0 Å². The third-order valence-corrected chi connectivity index (χ3v) is 8.54. The first-order valence-corrected chi connectivity index (χ1v) is 15.1. The van der Waals surface area contributed by atoms with Gasteiger partial charge in [0.15, 0.2) is 0 Å². The molecule has 0 saturated carbocycles. The van der Waals surface area contributed by atoms with Crippen LogP contribution in [-0.2, 0) is 0 Å². The van der Waals surface area contributed by atoms with E-state index in [0.29, 0.717) is 32.7 Å². The highest BCUT2D eigenvalue weighted by Crippen LogP contribution is 2.48. The van der Waals surface area contributed by atoms with Crippen LogP contribution in [0, 0.1) is 0 Å². The molecule has 49 heavy (non-hydrogen) atoms. The van der Waals surface area contributed by atoms with E-state index in [-0.39, 0.29) is 33.0 Å². The summed E-state index contributed by atoms with van der Waals surface area (Å²) < 4.78 is 201. The fourth-order valence-electron chi connectivity index (χ4n) is 6.48. The van der Waals surface area contributed by atoms with Gasteiger partial charge in [0.05, 0.1) is 30.2 Å². The Morgan fingerprint density at radius 3 is 1.67 bits per heavy atom. The summed E-state index contributed by atoms with van der Waals surface area (Å²) in [6.45, 7) is 0. The molecule has 0 N–H and O–H groups in total. The van der Waals surface area contributed by atoms with Gasteiger partial charge < -0.3 is 4.42 Å². The molecule has 0 unspecified atom stereocenters. The van der Waals surface area contributed by atoms with Gasteiger partial charge in [0.2, 0.25) is 0 Å². The summed E-state index contributed by atoms with van der Waals surface area (Å²) in [5.74, 6) is 0. The Morgan fingerprint density at radius 1 is 0.408 bits per heavy atom. The lowest BCUT2D eigenvalue weighted by Gasteiger charge is -2.18. The van der Waals surface area contributed by atoms with Crippen molar-refractivity contribution in [1.29, 1.82) is 0 Å². The highest BCUT2D eigenvalue weighted by Gasteiger charge is 2.21. The maximum Gasteiger partial charge on any atom is 0.143 e. The lowest BCUT2D eigenvalue weighted by atomic mass is 9.84. The molecule has 0 atom stereocenters. The van der Waals surface area contributed by atoms with Gasteiger partial charge in [-0.3, -0.25) is 0 Å². The van der Waals surface area contributed by atoms with E-state index >= 15 is 0 Å². The molecule has 228 valence electrons. The maximum absolute atomic E-state index is 9.65. The van der Waals surface area contributed by atoms with Crippen molar-refractivity contribution in [2.24, 2.45) is 0 Å². The molecule has 1 nitrogen and oxygen atoms in total. The third kappa shape index (κ3) is 4.40. The maximum atomic E-state index is 9.65. The van der Waals surface area contributed by atoms with Gasteiger partial charge in [0.25, 0.3) is 0 Å². The Balaban J connectivity index is 1.38. The minimum absolute atomic E-state index is 0.0174. The van der Waals surface area contributed by atoms with E-state index in [1.54, 1.807) is 48.5 Å². The molecular formula is C48H30O. The largest absolute Gasteiger partial charge is 0.455 e. The van der Waals surface area contributed by atoms with Crippen LogP contribution in [0.25, 0.3) is 98.8 Å². The number of benzene rings is 9. The van der Waals surface area contributed by atoms with Crippen LogP contribution < -0.4 is 0 Å². The molecule has 1 aromatic heterocycles. The first-order chi connectivity index (χ1) is 33.5. The molecule has 0 aliphatic carbocycles. The Bertz CT molecular complexity index is 4000. The fraction of sp³-hybridized carbons (Fsp3) is 0. The molecule has 0 radical (unpaired) electrons. The van der Waals surface area contributed by atoms with Gasteiger partial charge in [-0.15, -0.1) is 0 Å².